The average molecular weight is 245 g/mol. The predicted molar refractivity (Wildman–Crippen MR) is 75.4 cm³/mol. The summed E-state index contributed by atoms with van der Waals surface area (Å²) in [6, 6.07) is 16.5. The first-order valence-electron chi connectivity index (χ1n) is 5.52. The molecule has 0 saturated carbocycles. The third kappa shape index (κ3) is 2.85. The molecule has 17 heavy (non-hydrogen) atoms. The van der Waals surface area contributed by atoms with E-state index in [-0.39, 0.29) is 0 Å². The second kappa shape index (κ2) is 5.81. The lowest BCUT2D eigenvalue weighted by Crippen LogP contribution is -2.05. The molecule has 0 saturated heterocycles. The summed E-state index contributed by atoms with van der Waals surface area (Å²) >= 11 is 0. The van der Waals surface area contributed by atoms with E-state index in [0.29, 0.717) is 14.9 Å². The Bertz CT molecular complexity index is 485. The van der Waals surface area contributed by atoms with E-state index >= 15 is 0 Å². The van der Waals surface area contributed by atoms with Gasteiger partial charge in [-0.15, -0.1) is 0 Å². The smallest absolute Gasteiger partial charge is 0.119 e. The van der Waals surface area contributed by atoms with Crippen LogP contribution in [0.4, 0.5) is 0 Å². The minimum atomic E-state index is 0.631. The molecule has 0 aliphatic heterocycles. The molecule has 0 amide bonds. The quantitative estimate of drug-likeness (QED) is 0.840. The largest absolute Gasteiger partial charge is 0.497 e. The predicted octanol–water partition coefficient (Wildman–Crippen LogP) is 2.58. The molecule has 2 aromatic rings. The minimum Gasteiger partial charge on any atom is -0.497 e. The second-order valence-electron chi connectivity index (χ2n) is 3.66. The monoisotopic (exact) mass is 245 g/mol. The molecule has 88 valence electrons. The molecule has 0 aromatic heterocycles. The molecule has 0 aliphatic carbocycles. The summed E-state index contributed by atoms with van der Waals surface area (Å²) in [4.78, 5) is 0. The molecule has 0 aliphatic rings. The van der Waals surface area contributed by atoms with Crippen molar-refractivity contribution in [3.63, 3.8) is 0 Å². The van der Waals surface area contributed by atoms with Crippen LogP contribution in [0.3, 0.4) is 0 Å². The second-order valence-corrected chi connectivity index (χ2v) is 4.96. The van der Waals surface area contributed by atoms with Crippen LogP contribution in [0.15, 0.2) is 48.5 Å². The van der Waals surface area contributed by atoms with Crippen LogP contribution in [0.1, 0.15) is 0 Å². The summed E-state index contributed by atoms with van der Waals surface area (Å²) < 4.78 is 5.28. The van der Waals surface area contributed by atoms with Gasteiger partial charge >= 0.3 is 0 Å². The molecule has 0 fully saturated rings. The van der Waals surface area contributed by atoms with Crippen LogP contribution in [0.25, 0.3) is 11.1 Å². The maximum Gasteiger partial charge on any atom is 0.119 e. The van der Waals surface area contributed by atoms with Crippen molar-refractivity contribution < 1.29 is 4.74 Å². The van der Waals surface area contributed by atoms with Gasteiger partial charge in [0, 0.05) is 6.29 Å². The van der Waals surface area contributed by atoms with Crippen molar-refractivity contribution in [1.82, 2.24) is 0 Å². The summed E-state index contributed by atoms with van der Waals surface area (Å²) in [5.41, 5.74) is 8.09. The number of rotatable bonds is 4. The van der Waals surface area contributed by atoms with Gasteiger partial charge in [-0.2, -0.15) is 0 Å². The summed E-state index contributed by atoms with van der Waals surface area (Å²) in [5.74, 6) is 0.884. The Balaban J connectivity index is 2.48. The molecule has 2 nitrogen and oxygen atoms in total. The molecule has 1 unspecified atom stereocenters. The number of hydrogen-bond donors (Lipinski definition) is 1. The lowest BCUT2D eigenvalue weighted by Gasteiger charge is -2.11. The fourth-order valence-electron chi connectivity index (χ4n) is 1.77. The Kier molecular flexibility index (Phi) is 4.13. The van der Waals surface area contributed by atoms with Crippen molar-refractivity contribution >= 4 is 13.9 Å². The van der Waals surface area contributed by atoms with Crippen molar-refractivity contribution in [1.29, 1.82) is 0 Å². The highest BCUT2D eigenvalue weighted by atomic mass is 31.1. The van der Waals surface area contributed by atoms with E-state index in [1.54, 1.807) is 7.11 Å². The highest BCUT2D eigenvalue weighted by molar-refractivity contribution is 7.47. The van der Waals surface area contributed by atoms with Gasteiger partial charge in [-0.1, -0.05) is 45.0 Å². The molecular formula is C14H16NOP. The minimum absolute atomic E-state index is 0.631. The third-order valence-electron chi connectivity index (χ3n) is 2.60. The van der Waals surface area contributed by atoms with Gasteiger partial charge in [-0.05, 0) is 28.6 Å². The van der Waals surface area contributed by atoms with Crippen LogP contribution < -0.4 is 15.8 Å². The maximum atomic E-state index is 5.66. The fourth-order valence-corrected chi connectivity index (χ4v) is 2.60. The van der Waals surface area contributed by atoms with E-state index < -0.39 is 0 Å². The van der Waals surface area contributed by atoms with Crippen LogP contribution in [0, 0.1) is 0 Å². The molecule has 0 bridgehead atoms. The summed E-state index contributed by atoms with van der Waals surface area (Å²) in [6.07, 6.45) is 0.687. The van der Waals surface area contributed by atoms with Crippen LogP contribution >= 0.6 is 8.58 Å². The highest BCUT2D eigenvalue weighted by Crippen LogP contribution is 2.26. The third-order valence-corrected chi connectivity index (χ3v) is 3.63. The lowest BCUT2D eigenvalue weighted by molar-refractivity contribution is 0.415. The first-order chi connectivity index (χ1) is 8.35. The molecule has 2 aromatic carbocycles. The summed E-state index contributed by atoms with van der Waals surface area (Å²) in [7, 11) is 2.32. The van der Waals surface area contributed by atoms with Crippen LogP contribution in [0.2, 0.25) is 0 Å². The summed E-state index contributed by atoms with van der Waals surface area (Å²) in [6.45, 7) is 0. The number of benzene rings is 2. The van der Waals surface area contributed by atoms with Gasteiger partial charge in [0.05, 0.1) is 7.11 Å². The van der Waals surface area contributed by atoms with Crippen molar-refractivity contribution in [3.05, 3.63) is 48.5 Å². The number of hydrogen-bond acceptors (Lipinski definition) is 2. The van der Waals surface area contributed by atoms with E-state index in [1.807, 2.05) is 24.3 Å². The fraction of sp³-hybridized carbons (Fsp3) is 0.143. The van der Waals surface area contributed by atoms with Gasteiger partial charge in [-0.3, -0.25) is 0 Å². The van der Waals surface area contributed by atoms with Crippen molar-refractivity contribution in [2.24, 2.45) is 5.73 Å². The zero-order valence-corrected chi connectivity index (χ0v) is 10.8. The Morgan fingerprint density at radius 2 is 1.88 bits per heavy atom. The van der Waals surface area contributed by atoms with Crippen LogP contribution in [-0.4, -0.2) is 13.4 Å². The molecule has 2 N–H and O–H groups in total. The Morgan fingerprint density at radius 1 is 1.12 bits per heavy atom. The normalized spacial score (nSPS) is 10.9. The molecule has 3 heteroatoms. The number of methoxy groups -OCH3 is 1. The zero-order chi connectivity index (χ0) is 12.1. The van der Waals surface area contributed by atoms with E-state index in [2.05, 4.69) is 24.3 Å². The van der Waals surface area contributed by atoms with Gasteiger partial charge in [-0.25, -0.2) is 0 Å². The highest BCUT2D eigenvalue weighted by Gasteiger charge is 2.06. The molecule has 0 radical (unpaired) electrons. The maximum absolute atomic E-state index is 5.66. The number of ether oxygens (including phenoxy) is 1. The SMILES string of the molecule is COc1ccc(PCN)c(-c2ccccc2)c1. The van der Waals surface area contributed by atoms with Crippen LogP contribution in [-0.2, 0) is 0 Å². The van der Waals surface area contributed by atoms with E-state index in [0.717, 1.165) is 5.75 Å². The number of nitrogens with two attached hydrogens (primary N) is 1. The van der Waals surface area contributed by atoms with E-state index in [4.69, 9.17) is 10.5 Å². The first kappa shape index (κ1) is 12.1. The van der Waals surface area contributed by atoms with Gasteiger partial charge in [0.1, 0.15) is 5.75 Å². The lowest BCUT2D eigenvalue weighted by atomic mass is 10.1. The zero-order valence-electron chi connectivity index (χ0n) is 9.81. The Hall–Kier alpha value is -1.37. The van der Waals surface area contributed by atoms with Gasteiger partial charge in [0.25, 0.3) is 0 Å². The van der Waals surface area contributed by atoms with Crippen molar-refractivity contribution in [2.75, 3.05) is 13.4 Å². The van der Waals surface area contributed by atoms with Crippen molar-refractivity contribution in [2.45, 2.75) is 0 Å². The van der Waals surface area contributed by atoms with Crippen LogP contribution in [0.5, 0.6) is 5.75 Å². The standard InChI is InChI=1S/C14H16NOP/c1-16-12-7-8-14(17-10-15)13(9-12)11-5-3-2-4-6-11/h2-9,17H,10,15H2,1H3. The molecule has 0 spiro atoms. The van der Waals surface area contributed by atoms with E-state index in [9.17, 15) is 0 Å². The molecule has 0 heterocycles. The van der Waals surface area contributed by atoms with Gasteiger partial charge in [0.15, 0.2) is 0 Å². The Labute approximate surface area is 104 Å². The van der Waals surface area contributed by atoms with Gasteiger partial charge in [0.2, 0.25) is 0 Å². The average Bonchev–Trinajstić information content (AvgIpc) is 2.40. The topological polar surface area (TPSA) is 35.2 Å². The van der Waals surface area contributed by atoms with Gasteiger partial charge < -0.3 is 10.5 Å². The molecule has 2 rings (SSSR count). The summed E-state index contributed by atoms with van der Waals surface area (Å²) in [5, 5.41) is 1.29. The molecule has 1 atom stereocenters. The van der Waals surface area contributed by atoms with E-state index in [1.165, 1.54) is 16.4 Å². The van der Waals surface area contributed by atoms with Crippen molar-refractivity contribution in [3.8, 4) is 16.9 Å². The Morgan fingerprint density at radius 3 is 2.53 bits per heavy atom. The first-order valence-corrected chi connectivity index (χ1v) is 6.73. The molecular weight excluding hydrogens is 229 g/mol.